The third kappa shape index (κ3) is 2.44. The van der Waals surface area contributed by atoms with Gasteiger partial charge in [-0.05, 0) is 38.1 Å². The van der Waals surface area contributed by atoms with Gasteiger partial charge in [0.05, 0.1) is 0 Å². The highest BCUT2D eigenvalue weighted by atomic mass is 16.5. The molecule has 0 aromatic heterocycles. The van der Waals surface area contributed by atoms with Crippen LogP contribution in [0.5, 0.6) is 11.5 Å². The number of aliphatic hydroxyl groups is 1. The highest BCUT2D eigenvalue weighted by molar-refractivity contribution is 5.44. The van der Waals surface area contributed by atoms with Gasteiger partial charge in [0.2, 0.25) is 0 Å². The van der Waals surface area contributed by atoms with Crippen molar-refractivity contribution in [1.29, 1.82) is 0 Å². The zero-order chi connectivity index (χ0) is 12.4. The molecule has 0 bridgehead atoms. The lowest BCUT2D eigenvalue weighted by Crippen LogP contribution is -2.25. The first-order valence-electron chi connectivity index (χ1n) is 6.63. The number of likely N-dealkylation sites (tertiary alicyclic amines) is 1. The van der Waals surface area contributed by atoms with E-state index in [4.69, 9.17) is 9.47 Å². The van der Waals surface area contributed by atoms with Gasteiger partial charge in [-0.25, -0.2) is 0 Å². The third-order valence-electron chi connectivity index (χ3n) is 3.62. The Hall–Kier alpha value is -1.26. The molecule has 0 spiro atoms. The van der Waals surface area contributed by atoms with Gasteiger partial charge in [-0.1, -0.05) is 0 Å². The number of benzene rings is 1. The number of hydrogen-bond donors (Lipinski definition) is 1. The molecule has 1 unspecified atom stereocenters. The molecule has 1 aromatic carbocycles. The Morgan fingerprint density at radius 1 is 1.33 bits per heavy atom. The number of aliphatic hydroxyl groups excluding tert-OH is 1. The van der Waals surface area contributed by atoms with Gasteiger partial charge in [0.15, 0.2) is 0 Å². The zero-order valence-corrected chi connectivity index (χ0v) is 10.5. The van der Waals surface area contributed by atoms with E-state index in [2.05, 4.69) is 4.90 Å². The summed E-state index contributed by atoms with van der Waals surface area (Å²) in [6, 6.07) is 5.66. The van der Waals surface area contributed by atoms with Gasteiger partial charge in [0.1, 0.15) is 30.8 Å². The van der Waals surface area contributed by atoms with Crippen molar-refractivity contribution in [2.45, 2.75) is 18.9 Å². The van der Waals surface area contributed by atoms with Crippen molar-refractivity contribution in [2.24, 2.45) is 0 Å². The monoisotopic (exact) mass is 249 g/mol. The maximum atomic E-state index is 9.62. The van der Waals surface area contributed by atoms with Crippen molar-refractivity contribution >= 4 is 0 Å². The summed E-state index contributed by atoms with van der Waals surface area (Å²) in [4.78, 5) is 2.42. The number of rotatable bonds is 4. The molecule has 1 atom stereocenters. The van der Waals surface area contributed by atoms with E-state index in [-0.39, 0.29) is 0 Å². The van der Waals surface area contributed by atoms with E-state index >= 15 is 0 Å². The number of hydrogen-bond acceptors (Lipinski definition) is 4. The largest absolute Gasteiger partial charge is 0.492 e. The van der Waals surface area contributed by atoms with Gasteiger partial charge in [0.25, 0.3) is 0 Å². The van der Waals surface area contributed by atoms with E-state index in [9.17, 15) is 5.11 Å². The molecule has 3 rings (SSSR count). The fourth-order valence-electron chi connectivity index (χ4n) is 2.56. The van der Waals surface area contributed by atoms with Crippen LogP contribution in [0.15, 0.2) is 18.2 Å². The summed E-state index contributed by atoms with van der Waals surface area (Å²) in [5.41, 5.74) is 0.863. The van der Waals surface area contributed by atoms with Crippen molar-refractivity contribution in [3.8, 4) is 11.5 Å². The van der Waals surface area contributed by atoms with Crippen molar-refractivity contribution in [3.05, 3.63) is 23.8 Å². The van der Waals surface area contributed by atoms with Crippen LogP contribution in [0.4, 0.5) is 0 Å². The van der Waals surface area contributed by atoms with Crippen LogP contribution >= 0.6 is 0 Å². The number of fused-ring (bicyclic) bond motifs is 1. The SMILES string of the molecule is OC1COc2cc(OCCN3CCCC3)ccc21. The molecular weight excluding hydrogens is 230 g/mol. The van der Waals surface area contributed by atoms with E-state index in [1.165, 1.54) is 25.9 Å². The summed E-state index contributed by atoms with van der Waals surface area (Å²) in [7, 11) is 0. The first-order valence-corrected chi connectivity index (χ1v) is 6.63. The minimum absolute atomic E-state index is 0.354. The molecule has 1 fully saturated rings. The molecule has 18 heavy (non-hydrogen) atoms. The Labute approximate surface area is 107 Å². The smallest absolute Gasteiger partial charge is 0.129 e. The van der Waals surface area contributed by atoms with Crippen LogP contribution in [-0.2, 0) is 0 Å². The lowest BCUT2D eigenvalue weighted by Gasteiger charge is -2.15. The lowest BCUT2D eigenvalue weighted by molar-refractivity contribution is 0.140. The fraction of sp³-hybridized carbons (Fsp3) is 0.571. The topological polar surface area (TPSA) is 41.9 Å². The Kier molecular flexibility index (Phi) is 3.39. The molecule has 0 saturated carbocycles. The van der Waals surface area contributed by atoms with Crippen LogP contribution in [0.2, 0.25) is 0 Å². The molecule has 0 radical (unpaired) electrons. The predicted molar refractivity (Wildman–Crippen MR) is 68.1 cm³/mol. The van der Waals surface area contributed by atoms with Crippen LogP contribution in [0, 0.1) is 0 Å². The molecule has 1 saturated heterocycles. The maximum Gasteiger partial charge on any atom is 0.129 e. The normalized spacial score (nSPS) is 22.8. The third-order valence-corrected chi connectivity index (χ3v) is 3.62. The van der Waals surface area contributed by atoms with Gasteiger partial charge in [0, 0.05) is 18.2 Å². The van der Waals surface area contributed by atoms with E-state index in [0.29, 0.717) is 13.2 Å². The van der Waals surface area contributed by atoms with Crippen molar-refractivity contribution in [3.63, 3.8) is 0 Å². The van der Waals surface area contributed by atoms with Crippen LogP contribution in [0.3, 0.4) is 0 Å². The molecule has 4 heteroatoms. The molecule has 0 aliphatic carbocycles. The van der Waals surface area contributed by atoms with Gasteiger partial charge in [-0.2, -0.15) is 0 Å². The number of ether oxygens (including phenoxy) is 2. The Morgan fingerprint density at radius 3 is 3.00 bits per heavy atom. The highest BCUT2D eigenvalue weighted by Gasteiger charge is 2.22. The van der Waals surface area contributed by atoms with Gasteiger partial charge in [-0.3, -0.25) is 4.90 Å². The summed E-state index contributed by atoms with van der Waals surface area (Å²) < 4.78 is 11.1. The standard InChI is InChI=1S/C14H19NO3/c16-13-10-18-14-9-11(3-4-12(13)14)17-8-7-15-5-1-2-6-15/h3-4,9,13,16H,1-2,5-8,10H2. The minimum Gasteiger partial charge on any atom is -0.492 e. The molecule has 4 nitrogen and oxygen atoms in total. The van der Waals surface area contributed by atoms with Crippen LogP contribution < -0.4 is 9.47 Å². The molecule has 2 aliphatic rings. The first kappa shape index (κ1) is 11.8. The molecule has 0 amide bonds. The van der Waals surface area contributed by atoms with E-state index in [1.54, 1.807) is 0 Å². The summed E-state index contributed by atoms with van der Waals surface area (Å²) in [6.07, 6.45) is 2.13. The molecule has 2 heterocycles. The van der Waals surface area contributed by atoms with Crippen molar-refractivity contribution in [2.75, 3.05) is 32.8 Å². The minimum atomic E-state index is -0.487. The Bertz CT molecular complexity index is 416. The first-order chi connectivity index (χ1) is 8.83. The van der Waals surface area contributed by atoms with E-state index in [0.717, 1.165) is 23.6 Å². The van der Waals surface area contributed by atoms with E-state index in [1.807, 2.05) is 18.2 Å². The summed E-state index contributed by atoms with van der Waals surface area (Å²) in [5, 5.41) is 9.62. The van der Waals surface area contributed by atoms with Crippen LogP contribution in [0.25, 0.3) is 0 Å². The second-order valence-electron chi connectivity index (χ2n) is 4.92. The van der Waals surface area contributed by atoms with Crippen molar-refractivity contribution in [1.82, 2.24) is 4.90 Å². The van der Waals surface area contributed by atoms with Gasteiger partial charge < -0.3 is 14.6 Å². The Balaban J connectivity index is 1.53. The maximum absolute atomic E-state index is 9.62. The molecule has 98 valence electrons. The van der Waals surface area contributed by atoms with E-state index < -0.39 is 6.10 Å². The molecule has 1 N–H and O–H groups in total. The van der Waals surface area contributed by atoms with Gasteiger partial charge >= 0.3 is 0 Å². The summed E-state index contributed by atoms with van der Waals surface area (Å²) >= 11 is 0. The fourth-order valence-corrected chi connectivity index (χ4v) is 2.56. The second-order valence-corrected chi connectivity index (χ2v) is 4.92. The summed E-state index contributed by atoms with van der Waals surface area (Å²) in [5.74, 6) is 1.57. The van der Waals surface area contributed by atoms with Gasteiger partial charge in [-0.15, -0.1) is 0 Å². The molecular formula is C14H19NO3. The van der Waals surface area contributed by atoms with Crippen LogP contribution in [0.1, 0.15) is 24.5 Å². The quantitative estimate of drug-likeness (QED) is 0.880. The average Bonchev–Trinajstić information content (AvgIpc) is 3.00. The van der Waals surface area contributed by atoms with Crippen molar-refractivity contribution < 1.29 is 14.6 Å². The Morgan fingerprint density at radius 2 is 2.17 bits per heavy atom. The highest BCUT2D eigenvalue weighted by Crippen LogP contribution is 2.34. The second kappa shape index (κ2) is 5.16. The summed E-state index contributed by atoms with van der Waals surface area (Å²) in [6.45, 7) is 4.44. The predicted octanol–water partition coefficient (Wildman–Crippen LogP) is 1.59. The lowest BCUT2D eigenvalue weighted by atomic mass is 10.1. The molecule has 1 aromatic rings. The zero-order valence-electron chi connectivity index (χ0n) is 10.5. The number of nitrogens with zero attached hydrogens (tertiary/aromatic N) is 1. The van der Waals surface area contributed by atoms with Crippen LogP contribution in [-0.4, -0.2) is 42.9 Å². The molecule has 2 aliphatic heterocycles. The average molecular weight is 249 g/mol.